The van der Waals surface area contributed by atoms with Crippen molar-refractivity contribution >= 4 is 11.3 Å². The van der Waals surface area contributed by atoms with Crippen LogP contribution in [0.3, 0.4) is 0 Å². The molecule has 2 aromatic rings. The van der Waals surface area contributed by atoms with E-state index in [1.54, 1.807) is 18.4 Å². The number of hydrogen-bond acceptors (Lipinski definition) is 7. The van der Waals surface area contributed by atoms with E-state index < -0.39 is 0 Å². The molecule has 2 rings (SSSR count). The van der Waals surface area contributed by atoms with Gasteiger partial charge in [-0.3, -0.25) is 0 Å². The molecule has 0 aliphatic carbocycles. The van der Waals surface area contributed by atoms with Gasteiger partial charge >= 0.3 is 0 Å². The summed E-state index contributed by atoms with van der Waals surface area (Å²) in [6.07, 6.45) is 0.602. The van der Waals surface area contributed by atoms with Gasteiger partial charge in [-0.05, 0) is 11.4 Å². The van der Waals surface area contributed by atoms with Crippen LogP contribution >= 0.6 is 11.3 Å². The zero-order valence-electron chi connectivity index (χ0n) is 10.7. The zero-order valence-corrected chi connectivity index (χ0v) is 11.6. The minimum absolute atomic E-state index is 0.351. The quantitative estimate of drug-likeness (QED) is 0.737. The molecule has 7 heteroatoms. The Labute approximate surface area is 115 Å². The molecule has 0 aliphatic heterocycles. The predicted molar refractivity (Wildman–Crippen MR) is 71.0 cm³/mol. The van der Waals surface area contributed by atoms with Crippen LogP contribution in [0, 0.1) is 0 Å². The molecule has 104 valence electrons. The first kappa shape index (κ1) is 14.1. The Balaban J connectivity index is 1.82. The van der Waals surface area contributed by atoms with Crippen LogP contribution in [0.2, 0.25) is 0 Å². The molecule has 1 atom stereocenters. The summed E-state index contributed by atoms with van der Waals surface area (Å²) in [5, 5.41) is 5.86. The van der Waals surface area contributed by atoms with Crippen LogP contribution in [-0.2, 0) is 15.9 Å². The highest BCUT2D eigenvalue weighted by molar-refractivity contribution is 7.10. The monoisotopic (exact) mass is 283 g/mol. The van der Waals surface area contributed by atoms with E-state index >= 15 is 0 Å². The Hall–Kier alpha value is -1.28. The number of nitrogens with two attached hydrogens (primary N) is 1. The average molecular weight is 283 g/mol. The molecule has 0 spiro atoms. The van der Waals surface area contributed by atoms with Gasteiger partial charge in [0.1, 0.15) is 6.04 Å². The highest BCUT2D eigenvalue weighted by Gasteiger charge is 2.17. The van der Waals surface area contributed by atoms with Crippen molar-refractivity contribution in [3.8, 4) is 0 Å². The van der Waals surface area contributed by atoms with Gasteiger partial charge in [-0.25, -0.2) is 0 Å². The molecule has 6 nitrogen and oxygen atoms in total. The number of aromatic nitrogens is 2. The highest BCUT2D eigenvalue weighted by Crippen LogP contribution is 2.22. The van der Waals surface area contributed by atoms with E-state index in [0.717, 1.165) is 4.88 Å². The molecule has 2 heterocycles. The Morgan fingerprint density at radius 3 is 3.05 bits per heavy atom. The number of hydrogen-bond donors (Lipinski definition) is 1. The first-order valence-electron chi connectivity index (χ1n) is 5.99. The second-order valence-electron chi connectivity index (χ2n) is 3.90. The molecular weight excluding hydrogens is 266 g/mol. The van der Waals surface area contributed by atoms with Crippen LogP contribution in [0.25, 0.3) is 0 Å². The molecule has 0 bridgehead atoms. The van der Waals surface area contributed by atoms with Crippen LogP contribution < -0.4 is 5.73 Å². The first-order valence-corrected chi connectivity index (χ1v) is 6.87. The van der Waals surface area contributed by atoms with E-state index in [0.29, 0.717) is 38.0 Å². The predicted octanol–water partition coefficient (Wildman–Crippen LogP) is 1.38. The second kappa shape index (κ2) is 7.34. The van der Waals surface area contributed by atoms with E-state index in [4.69, 9.17) is 19.7 Å². The van der Waals surface area contributed by atoms with Gasteiger partial charge in [-0.2, -0.15) is 4.98 Å². The number of methoxy groups -OCH3 is 1. The van der Waals surface area contributed by atoms with Crippen molar-refractivity contribution in [3.05, 3.63) is 34.1 Å². The maximum atomic E-state index is 6.03. The zero-order chi connectivity index (χ0) is 13.5. The van der Waals surface area contributed by atoms with Crippen molar-refractivity contribution in [2.45, 2.75) is 12.5 Å². The molecular formula is C12H17N3O3S. The van der Waals surface area contributed by atoms with Gasteiger partial charge in [0.15, 0.2) is 5.82 Å². The maximum absolute atomic E-state index is 6.03. The summed E-state index contributed by atoms with van der Waals surface area (Å²) in [6.45, 7) is 1.69. The third-order valence-electron chi connectivity index (χ3n) is 2.50. The molecule has 0 aromatic carbocycles. The van der Waals surface area contributed by atoms with Crippen molar-refractivity contribution in [2.75, 3.05) is 26.9 Å². The van der Waals surface area contributed by atoms with Gasteiger partial charge in [0, 0.05) is 18.4 Å². The van der Waals surface area contributed by atoms with E-state index in [1.165, 1.54) is 0 Å². The van der Waals surface area contributed by atoms with E-state index in [9.17, 15) is 0 Å². The third kappa shape index (κ3) is 4.10. The lowest BCUT2D eigenvalue weighted by atomic mass is 10.2. The van der Waals surface area contributed by atoms with E-state index in [1.807, 2.05) is 17.5 Å². The van der Waals surface area contributed by atoms with E-state index in [-0.39, 0.29) is 6.04 Å². The largest absolute Gasteiger partial charge is 0.382 e. The van der Waals surface area contributed by atoms with Crippen LogP contribution in [0.5, 0.6) is 0 Å². The first-order chi connectivity index (χ1) is 9.31. The fourth-order valence-corrected chi connectivity index (χ4v) is 2.21. The lowest BCUT2D eigenvalue weighted by Crippen LogP contribution is -2.11. The van der Waals surface area contributed by atoms with Gasteiger partial charge in [0.05, 0.1) is 19.8 Å². The van der Waals surface area contributed by atoms with Crippen molar-refractivity contribution in [1.82, 2.24) is 10.1 Å². The van der Waals surface area contributed by atoms with Crippen molar-refractivity contribution in [3.63, 3.8) is 0 Å². The Morgan fingerprint density at radius 1 is 1.42 bits per heavy atom. The molecule has 2 aromatic heterocycles. The topological polar surface area (TPSA) is 83.4 Å². The van der Waals surface area contributed by atoms with Crippen LogP contribution in [0.15, 0.2) is 22.0 Å². The Bertz CT molecular complexity index is 472. The van der Waals surface area contributed by atoms with Crippen molar-refractivity contribution < 1.29 is 14.0 Å². The molecule has 1 unspecified atom stereocenters. The summed E-state index contributed by atoms with van der Waals surface area (Å²) in [5.74, 6) is 1.05. The lowest BCUT2D eigenvalue weighted by molar-refractivity contribution is 0.0714. The summed E-state index contributed by atoms with van der Waals surface area (Å²) in [5.41, 5.74) is 6.03. The smallest absolute Gasteiger partial charge is 0.248 e. The van der Waals surface area contributed by atoms with Gasteiger partial charge in [0.25, 0.3) is 0 Å². The molecule has 0 saturated carbocycles. The second-order valence-corrected chi connectivity index (χ2v) is 4.88. The lowest BCUT2D eigenvalue weighted by Gasteiger charge is -2.02. The number of thiophene rings is 1. The van der Waals surface area contributed by atoms with Gasteiger partial charge in [0.2, 0.25) is 5.89 Å². The van der Waals surface area contributed by atoms with Crippen LogP contribution in [0.1, 0.15) is 22.6 Å². The molecule has 0 fully saturated rings. The standard InChI is InChI=1S/C12H17N3O3S/c1-16-6-7-17-5-4-10-14-12(18-15-10)11(13)9-3-2-8-19-9/h2-3,8,11H,4-7,13H2,1H3. The van der Waals surface area contributed by atoms with Crippen LogP contribution in [0.4, 0.5) is 0 Å². The third-order valence-corrected chi connectivity index (χ3v) is 3.46. The van der Waals surface area contributed by atoms with E-state index in [2.05, 4.69) is 10.1 Å². The number of nitrogens with zero attached hydrogens (tertiary/aromatic N) is 2. The summed E-state index contributed by atoms with van der Waals surface area (Å²) >= 11 is 1.57. The van der Waals surface area contributed by atoms with Crippen molar-refractivity contribution in [2.24, 2.45) is 5.73 Å². The molecule has 0 amide bonds. The van der Waals surface area contributed by atoms with Gasteiger partial charge < -0.3 is 19.7 Å². The molecule has 2 N–H and O–H groups in total. The summed E-state index contributed by atoms with van der Waals surface area (Å²) in [6, 6.07) is 3.55. The maximum Gasteiger partial charge on any atom is 0.248 e. The van der Waals surface area contributed by atoms with Gasteiger partial charge in [-0.15, -0.1) is 11.3 Å². The molecule has 0 saturated heterocycles. The fourth-order valence-electron chi connectivity index (χ4n) is 1.49. The minimum atomic E-state index is -0.351. The summed E-state index contributed by atoms with van der Waals surface area (Å²) < 4.78 is 15.4. The molecule has 0 aliphatic rings. The van der Waals surface area contributed by atoms with Gasteiger partial charge in [-0.1, -0.05) is 11.2 Å². The number of ether oxygens (including phenoxy) is 2. The summed E-state index contributed by atoms with van der Waals surface area (Å²) in [7, 11) is 1.64. The van der Waals surface area contributed by atoms with Crippen LogP contribution in [-0.4, -0.2) is 37.1 Å². The Morgan fingerprint density at radius 2 is 2.32 bits per heavy atom. The minimum Gasteiger partial charge on any atom is -0.382 e. The average Bonchev–Trinajstić information content (AvgIpc) is 3.09. The SMILES string of the molecule is COCCOCCc1noc(C(N)c2cccs2)n1. The summed E-state index contributed by atoms with van der Waals surface area (Å²) in [4.78, 5) is 5.28. The highest BCUT2D eigenvalue weighted by atomic mass is 32.1. The van der Waals surface area contributed by atoms with Crippen molar-refractivity contribution in [1.29, 1.82) is 0 Å². The molecule has 19 heavy (non-hydrogen) atoms. The normalized spacial score (nSPS) is 12.7. The fraction of sp³-hybridized carbons (Fsp3) is 0.500. The molecule has 0 radical (unpaired) electrons. The Kier molecular flexibility index (Phi) is 5.46. The number of rotatable bonds is 8.